The first-order valence-corrected chi connectivity index (χ1v) is 6.90. The Morgan fingerprint density at radius 2 is 2.35 bits per heavy atom. The Balaban J connectivity index is 2.59. The number of pyridine rings is 1. The molecule has 0 saturated heterocycles. The predicted octanol–water partition coefficient (Wildman–Crippen LogP) is 1.18. The van der Waals surface area contributed by atoms with Crippen LogP contribution in [0.4, 0.5) is 5.82 Å². The molecule has 0 amide bonds. The van der Waals surface area contributed by atoms with Crippen LogP contribution in [0.5, 0.6) is 0 Å². The van der Waals surface area contributed by atoms with Crippen LogP contribution in [0, 0.1) is 0 Å². The van der Waals surface area contributed by atoms with Gasteiger partial charge in [-0.2, -0.15) is 0 Å². The van der Waals surface area contributed by atoms with Crippen LogP contribution in [0.2, 0.25) is 6.82 Å². The molecule has 1 aromatic carbocycles. The van der Waals surface area contributed by atoms with Crippen LogP contribution < -0.4 is 10.5 Å². The van der Waals surface area contributed by atoms with Gasteiger partial charge in [0.1, 0.15) is 12.0 Å². The zero-order valence-electron chi connectivity index (χ0n) is 11.0. The minimum absolute atomic E-state index is 0.445. The zero-order valence-corrected chi connectivity index (χ0v) is 12.5. The van der Waals surface area contributed by atoms with E-state index in [9.17, 15) is 9.82 Å². The highest BCUT2D eigenvalue weighted by Crippen LogP contribution is 2.32. The number of carbonyl (C=O) groups excluding carboxylic acids is 1. The van der Waals surface area contributed by atoms with E-state index in [-0.39, 0.29) is 0 Å². The second-order valence-corrected chi connectivity index (χ2v) is 5.14. The van der Waals surface area contributed by atoms with Gasteiger partial charge in [-0.25, -0.2) is 4.98 Å². The molecule has 0 aliphatic rings. The highest BCUT2D eigenvalue weighted by molar-refractivity contribution is 9.10. The minimum Gasteiger partial charge on any atom is -0.433 e. The molecule has 1 aromatic heterocycles. The summed E-state index contributed by atoms with van der Waals surface area (Å²) in [5, 5.41) is 11.6. The highest BCUT2D eigenvalue weighted by Gasteiger charge is 2.22. The highest BCUT2D eigenvalue weighted by atomic mass is 79.9. The lowest BCUT2D eigenvalue weighted by atomic mass is 9.73. The number of carbonyl (C=O) groups is 1. The number of rotatable bonds is 5. The van der Waals surface area contributed by atoms with E-state index in [2.05, 4.69) is 20.9 Å². The number of halogens is 1. The van der Waals surface area contributed by atoms with Gasteiger partial charge < -0.3 is 20.3 Å². The van der Waals surface area contributed by atoms with Crippen LogP contribution in [0.25, 0.3) is 10.8 Å². The summed E-state index contributed by atoms with van der Waals surface area (Å²) in [5.41, 5.74) is 6.65. The van der Waals surface area contributed by atoms with Crippen molar-refractivity contribution in [3.8, 4) is 0 Å². The molecule has 0 spiro atoms. The number of hydrogen-bond acceptors (Lipinski definition) is 5. The summed E-state index contributed by atoms with van der Waals surface area (Å²) >= 11 is 3.49. The third-order valence-corrected chi connectivity index (χ3v) is 3.76. The molecule has 2 rings (SSSR count). The third kappa shape index (κ3) is 2.87. The molecule has 5 nitrogen and oxygen atoms in total. The fourth-order valence-electron chi connectivity index (χ4n) is 1.96. The Hall–Kier alpha value is -1.37. The standard InChI is InChI=1S/C12H13B2BrN3O2/c1-14(20)18(13-7-19)12-11(15)10-4-8(5-16)2-3-9(10)6-17-12/h2-4,6-7,20H,5,16H2,1H3. The maximum Gasteiger partial charge on any atom is 0.397 e. The van der Waals surface area contributed by atoms with E-state index in [1.165, 1.54) is 12.1 Å². The summed E-state index contributed by atoms with van der Waals surface area (Å²) in [6, 6.07) is 5.85. The van der Waals surface area contributed by atoms with Crippen molar-refractivity contribution in [2.45, 2.75) is 13.4 Å². The van der Waals surface area contributed by atoms with Gasteiger partial charge in [-0.05, 0) is 34.4 Å². The van der Waals surface area contributed by atoms with Gasteiger partial charge in [0.15, 0.2) is 0 Å². The molecular formula is C12H13B2BrN3O2. The monoisotopic (exact) mass is 332 g/mol. The maximum atomic E-state index is 10.7. The lowest BCUT2D eigenvalue weighted by molar-refractivity contribution is 0.566. The smallest absolute Gasteiger partial charge is 0.397 e. The van der Waals surface area contributed by atoms with Crippen LogP contribution in [-0.2, 0) is 11.3 Å². The Morgan fingerprint density at radius 3 is 2.95 bits per heavy atom. The minimum atomic E-state index is -0.862. The van der Waals surface area contributed by atoms with Gasteiger partial charge in [0.2, 0.25) is 0 Å². The van der Waals surface area contributed by atoms with Crippen molar-refractivity contribution < 1.29 is 9.82 Å². The average molecular weight is 333 g/mol. The molecule has 1 heterocycles. The normalized spacial score (nSPS) is 10.4. The first-order valence-electron chi connectivity index (χ1n) is 6.10. The van der Waals surface area contributed by atoms with Crippen molar-refractivity contribution in [2.24, 2.45) is 5.73 Å². The second-order valence-electron chi connectivity index (χ2n) is 4.35. The lowest BCUT2D eigenvalue weighted by Gasteiger charge is -2.23. The van der Waals surface area contributed by atoms with E-state index in [0.29, 0.717) is 23.0 Å². The quantitative estimate of drug-likeness (QED) is 0.635. The third-order valence-electron chi connectivity index (χ3n) is 2.98. The molecule has 3 N–H and O–H groups in total. The number of benzene rings is 1. The molecule has 20 heavy (non-hydrogen) atoms. The summed E-state index contributed by atoms with van der Waals surface area (Å²) in [4.78, 5) is 15.0. The van der Waals surface area contributed by atoms with Crippen LogP contribution in [0.1, 0.15) is 5.56 Å². The van der Waals surface area contributed by atoms with Gasteiger partial charge in [0.25, 0.3) is 0 Å². The van der Waals surface area contributed by atoms with Crippen LogP contribution in [0.15, 0.2) is 28.9 Å². The van der Waals surface area contributed by atoms with Gasteiger partial charge in [-0.1, -0.05) is 12.1 Å². The molecule has 0 aliphatic carbocycles. The summed E-state index contributed by atoms with van der Waals surface area (Å²) in [7, 11) is 0.384. The Kier molecular flexibility index (Phi) is 4.80. The molecule has 0 aliphatic heterocycles. The molecule has 0 unspecified atom stereocenters. The number of nitrogens with two attached hydrogens (primary N) is 1. The lowest BCUT2D eigenvalue weighted by Crippen LogP contribution is -2.41. The van der Waals surface area contributed by atoms with E-state index < -0.39 is 7.05 Å². The first-order chi connectivity index (χ1) is 9.58. The predicted molar refractivity (Wildman–Crippen MR) is 86.2 cm³/mol. The molecule has 101 valence electrons. The molecule has 0 atom stereocenters. The summed E-state index contributed by atoms with van der Waals surface area (Å²) < 4.78 is 2.11. The topological polar surface area (TPSA) is 79.5 Å². The van der Waals surface area contributed by atoms with Gasteiger partial charge in [-0.15, -0.1) is 0 Å². The molecule has 1 radical (unpaired) electrons. The molecule has 2 aromatic rings. The Labute approximate surface area is 126 Å². The van der Waals surface area contributed by atoms with E-state index in [1.54, 1.807) is 13.0 Å². The van der Waals surface area contributed by atoms with E-state index in [0.717, 1.165) is 16.3 Å². The second kappa shape index (κ2) is 6.39. The molecule has 0 fully saturated rings. The van der Waals surface area contributed by atoms with Crippen molar-refractivity contribution in [2.75, 3.05) is 4.72 Å². The number of anilines is 1. The van der Waals surface area contributed by atoms with E-state index in [4.69, 9.17) is 5.73 Å². The number of fused-ring (bicyclic) bond motifs is 1. The molecule has 0 saturated carbocycles. The van der Waals surface area contributed by atoms with Crippen molar-refractivity contribution in [3.63, 3.8) is 0 Å². The van der Waals surface area contributed by atoms with E-state index in [1.807, 2.05) is 18.2 Å². The van der Waals surface area contributed by atoms with Crippen LogP contribution >= 0.6 is 15.9 Å². The summed E-state index contributed by atoms with van der Waals surface area (Å²) in [6.45, 7) is 2.01. The zero-order chi connectivity index (χ0) is 14.7. The molecular weight excluding hydrogens is 320 g/mol. The van der Waals surface area contributed by atoms with E-state index >= 15 is 0 Å². The molecule has 0 bridgehead atoms. The fourth-order valence-corrected chi connectivity index (χ4v) is 2.61. The summed E-state index contributed by atoms with van der Waals surface area (Å²) in [6.07, 6.45) is 2.31. The van der Waals surface area contributed by atoms with Crippen LogP contribution in [-0.4, -0.2) is 30.7 Å². The molecule has 8 heteroatoms. The largest absolute Gasteiger partial charge is 0.433 e. The van der Waals surface area contributed by atoms with Crippen molar-refractivity contribution in [3.05, 3.63) is 34.4 Å². The first kappa shape index (κ1) is 15.0. The average Bonchev–Trinajstić information content (AvgIpc) is 2.45. The maximum absolute atomic E-state index is 10.7. The van der Waals surface area contributed by atoms with Crippen molar-refractivity contribution in [1.29, 1.82) is 0 Å². The fraction of sp³-hybridized carbons (Fsp3) is 0.167. The van der Waals surface area contributed by atoms with Crippen molar-refractivity contribution >= 4 is 53.2 Å². The number of hydrogen-bond donors (Lipinski definition) is 2. The number of aromatic nitrogens is 1. The van der Waals surface area contributed by atoms with Crippen molar-refractivity contribution in [1.82, 2.24) is 4.98 Å². The Bertz CT molecular complexity index is 639. The van der Waals surface area contributed by atoms with Gasteiger partial charge in [0.05, 0.1) is 4.47 Å². The van der Waals surface area contributed by atoms with Gasteiger partial charge in [0, 0.05) is 23.5 Å². The number of nitrogens with zero attached hydrogens (tertiary/aromatic N) is 2. The van der Waals surface area contributed by atoms with Gasteiger partial charge >= 0.3 is 14.5 Å². The van der Waals surface area contributed by atoms with Crippen LogP contribution in [0.3, 0.4) is 0 Å². The summed E-state index contributed by atoms with van der Waals surface area (Å²) in [5.74, 6) is 0.480. The van der Waals surface area contributed by atoms with Gasteiger partial charge in [-0.3, -0.25) is 0 Å². The Morgan fingerprint density at radius 1 is 1.60 bits per heavy atom. The SMILES string of the molecule is CB(O)N([B]C=O)c1ncc2ccc(CN)cc2c1Br.